The van der Waals surface area contributed by atoms with E-state index in [1.165, 1.54) is 0 Å². The first-order valence-corrected chi connectivity index (χ1v) is 6.61. The van der Waals surface area contributed by atoms with Gasteiger partial charge in [0.2, 0.25) is 5.28 Å². The molecule has 6 nitrogen and oxygen atoms in total. The maximum atomic E-state index is 5.92. The third-order valence-electron chi connectivity index (χ3n) is 2.59. The van der Waals surface area contributed by atoms with Crippen molar-refractivity contribution < 1.29 is 4.74 Å². The number of ether oxygens (including phenoxy) is 1. The fourth-order valence-corrected chi connectivity index (χ4v) is 2.49. The molecule has 0 aromatic carbocycles. The molecule has 1 saturated heterocycles. The molecule has 0 unspecified atom stereocenters. The zero-order valence-corrected chi connectivity index (χ0v) is 11.7. The van der Waals surface area contributed by atoms with Crippen LogP contribution in [0.2, 0.25) is 5.28 Å². The molecule has 2 aromatic heterocycles. The van der Waals surface area contributed by atoms with Crippen LogP contribution in [0, 0.1) is 3.83 Å². The summed E-state index contributed by atoms with van der Waals surface area (Å²) in [5, 5.41) is 0.224. The van der Waals surface area contributed by atoms with Gasteiger partial charge in [0, 0.05) is 13.1 Å². The standard InChI is InChI=1S/C9H9ClIN5O/c10-8-13-6-5(12-9(11)14-6)7(15-8)16-1-3-17-4-2-16/h1-4H2,(H,12,13,14,15). The molecule has 0 saturated carbocycles. The second-order valence-corrected chi connectivity index (χ2v) is 5.00. The van der Waals surface area contributed by atoms with E-state index in [1.807, 2.05) is 0 Å². The predicted octanol–water partition coefficient (Wildman–Crippen LogP) is 1.45. The van der Waals surface area contributed by atoms with E-state index in [2.05, 4.69) is 47.4 Å². The number of nitrogens with one attached hydrogen (secondary N) is 1. The molecule has 1 aliphatic rings. The molecule has 1 N–H and O–H groups in total. The molecular weight excluding hydrogens is 356 g/mol. The Bertz CT molecular complexity index is 554. The first-order valence-electron chi connectivity index (χ1n) is 5.15. The molecule has 1 fully saturated rings. The van der Waals surface area contributed by atoms with Gasteiger partial charge in [-0.1, -0.05) is 0 Å². The van der Waals surface area contributed by atoms with Gasteiger partial charge in [-0.25, -0.2) is 4.98 Å². The topological polar surface area (TPSA) is 66.9 Å². The van der Waals surface area contributed by atoms with Crippen molar-refractivity contribution in [3.63, 3.8) is 0 Å². The minimum atomic E-state index is 0.224. The van der Waals surface area contributed by atoms with Gasteiger partial charge in [0.15, 0.2) is 15.3 Å². The lowest BCUT2D eigenvalue weighted by Crippen LogP contribution is -2.37. The number of aromatic nitrogens is 4. The Morgan fingerprint density at radius 1 is 1.24 bits per heavy atom. The van der Waals surface area contributed by atoms with E-state index in [0.717, 1.165) is 28.3 Å². The van der Waals surface area contributed by atoms with Gasteiger partial charge in [-0.15, -0.1) is 0 Å². The van der Waals surface area contributed by atoms with Crippen LogP contribution >= 0.6 is 34.2 Å². The maximum Gasteiger partial charge on any atom is 0.226 e. The number of aromatic amines is 1. The first kappa shape index (κ1) is 11.4. The Labute approximate surface area is 116 Å². The van der Waals surface area contributed by atoms with Crippen LogP contribution in [0.4, 0.5) is 5.82 Å². The van der Waals surface area contributed by atoms with Crippen molar-refractivity contribution in [1.29, 1.82) is 0 Å². The lowest BCUT2D eigenvalue weighted by Gasteiger charge is -2.27. The van der Waals surface area contributed by atoms with Crippen molar-refractivity contribution in [3.05, 3.63) is 9.11 Å². The molecule has 2 aromatic rings. The molecule has 0 spiro atoms. The third kappa shape index (κ3) is 2.18. The summed E-state index contributed by atoms with van der Waals surface area (Å²) in [4.78, 5) is 18.0. The summed E-state index contributed by atoms with van der Waals surface area (Å²) in [7, 11) is 0. The van der Waals surface area contributed by atoms with Crippen LogP contribution in [0.15, 0.2) is 0 Å². The van der Waals surface area contributed by atoms with Crippen LogP contribution in [0.25, 0.3) is 11.2 Å². The Kier molecular flexibility index (Phi) is 3.05. The number of nitrogens with zero attached hydrogens (tertiary/aromatic N) is 4. The predicted molar refractivity (Wildman–Crippen MR) is 72.4 cm³/mol. The van der Waals surface area contributed by atoms with Crippen LogP contribution in [-0.4, -0.2) is 46.2 Å². The van der Waals surface area contributed by atoms with Crippen LogP contribution in [0.3, 0.4) is 0 Å². The van der Waals surface area contributed by atoms with Gasteiger partial charge < -0.3 is 14.6 Å². The largest absolute Gasteiger partial charge is 0.378 e. The van der Waals surface area contributed by atoms with Crippen molar-refractivity contribution in [2.24, 2.45) is 0 Å². The Morgan fingerprint density at radius 3 is 2.76 bits per heavy atom. The van der Waals surface area contributed by atoms with E-state index in [9.17, 15) is 0 Å². The molecule has 90 valence electrons. The number of hydrogen-bond donors (Lipinski definition) is 1. The number of anilines is 1. The van der Waals surface area contributed by atoms with E-state index in [-0.39, 0.29) is 5.28 Å². The summed E-state index contributed by atoms with van der Waals surface area (Å²) in [5.74, 6) is 0.804. The van der Waals surface area contributed by atoms with Crippen LogP contribution < -0.4 is 4.90 Å². The lowest BCUT2D eigenvalue weighted by atomic mass is 10.4. The van der Waals surface area contributed by atoms with Crippen molar-refractivity contribution in [2.45, 2.75) is 0 Å². The smallest absolute Gasteiger partial charge is 0.226 e. The SMILES string of the molecule is Clc1nc(N2CCOCC2)c2[nH]c(I)nc2n1. The summed E-state index contributed by atoms with van der Waals surface area (Å²) in [5.41, 5.74) is 1.44. The molecule has 0 radical (unpaired) electrons. The number of H-pyrrole nitrogens is 1. The lowest BCUT2D eigenvalue weighted by molar-refractivity contribution is 0.122. The van der Waals surface area contributed by atoms with Gasteiger partial charge in [0.05, 0.1) is 13.2 Å². The average molecular weight is 366 g/mol. The summed E-state index contributed by atoms with van der Waals surface area (Å²) >= 11 is 8.03. The molecule has 0 aliphatic carbocycles. The highest BCUT2D eigenvalue weighted by molar-refractivity contribution is 14.1. The minimum Gasteiger partial charge on any atom is -0.378 e. The zero-order valence-electron chi connectivity index (χ0n) is 8.78. The maximum absolute atomic E-state index is 5.92. The molecule has 3 rings (SSSR count). The summed E-state index contributed by atoms with van der Waals surface area (Å²) in [6.07, 6.45) is 0. The van der Waals surface area contributed by atoms with E-state index in [4.69, 9.17) is 16.3 Å². The molecule has 3 heterocycles. The fourth-order valence-electron chi connectivity index (χ4n) is 1.83. The van der Waals surface area contributed by atoms with Gasteiger partial charge in [-0.05, 0) is 34.2 Å². The molecule has 17 heavy (non-hydrogen) atoms. The van der Waals surface area contributed by atoms with Crippen molar-refractivity contribution >= 4 is 51.2 Å². The van der Waals surface area contributed by atoms with Gasteiger partial charge in [0.25, 0.3) is 0 Å². The summed E-state index contributed by atoms with van der Waals surface area (Å²) in [6.45, 7) is 3.01. The molecule has 0 atom stereocenters. The highest BCUT2D eigenvalue weighted by Crippen LogP contribution is 2.24. The number of imidazole rings is 1. The van der Waals surface area contributed by atoms with Gasteiger partial charge >= 0.3 is 0 Å². The Morgan fingerprint density at radius 2 is 2.00 bits per heavy atom. The monoisotopic (exact) mass is 365 g/mol. The summed E-state index contributed by atoms with van der Waals surface area (Å²) < 4.78 is 6.10. The normalized spacial score (nSPS) is 16.7. The zero-order chi connectivity index (χ0) is 11.8. The Hall–Kier alpha value is -0.670. The van der Waals surface area contributed by atoms with E-state index in [1.54, 1.807) is 0 Å². The summed E-state index contributed by atoms with van der Waals surface area (Å²) in [6, 6.07) is 0. The fraction of sp³-hybridized carbons (Fsp3) is 0.444. The third-order valence-corrected chi connectivity index (χ3v) is 3.27. The molecule has 0 amide bonds. The number of halogens is 2. The highest BCUT2D eigenvalue weighted by atomic mass is 127. The van der Waals surface area contributed by atoms with E-state index >= 15 is 0 Å². The minimum absolute atomic E-state index is 0.224. The molecule has 1 aliphatic heterocycles. The second-order valence-electron chi connectivity index (χ2n) is 3.64. The van der Waals surface area contributed by atoms with Crippen molar-refractivity contribution in [3.8, 4) is 0 Å². The van der Waals surface area contributed by atoms with Gasteiger partial charge in [-0.2, -0.15) is 9.97 Å². The Balaban J connectivity index is 2.12. The highest BCUT2D eigenvalue weighted by Gasteiger charge is 2.19. The van der Waals surface area contributed by atoms with Crippen molar-refractivity contribution in [1.82, 2.24) is 19.9 Å². The average Bonchev–Trinajstić information content (AvgIpc) is 2.69. The number of hydrogen-bond acceptors (Lipinski definition) is 5. The van der Waals surface area contributed by atoms with Crippen molar-refractivity contribution in [2.75, 3.05) is 31.2 Å². The van der Waals surface area contributed by atoms with E-state index in [0.29, 0.717) is 18.9 Å². The molecular formula is C9H9ClIN5O. The van der Waals surface area contributed by atoms with Crippen LogP contribution in [-0.2, 0) is 4.74 Å². The number of fused-ring (bicyclic) bond motifs is 1. The molecule has 8 heteroatoms. The van der Waals surface area contributed by atoms with Gasteiger partial charge in [0.1, 0.15) is 5.52 Å². The van der Waals surface area contributed by atoms with Crippen LogP contribution in [0.1, 0.15) is 0 Å². The number of morpholine rings is 1. The first-order chi connectivity index (χ1) is 8.24. The number of rotatable bonds is 1. The van der Waals surface area contributed by atoms with Crippen LogP contribution in [0.5, 0.6) is 0 Å². The quantitative estimate of drug-likeness (QED) is 0.471. The van der Waals surface area contributed by atoms with E-state index < -0.39 is 0 Å². The second kappa shape index (κ2) is 4.54. The molecule has 0 bridgehead atoms. The van der Waals surface area contributed by atoms with Gasteiger partial charge in [-0.3, -0.25) is 0 Å².